The summed E-state index contributed by atoms with van der Waals surface area (Å²) in [5.74, 6) is -0.810. The number of anilines is 1. The molecule has 3 aromatic rings. The number of carbonyl (C=O) groups is 2. The summed E-state index contributed by atoms with van der Waals surface area (Å²) in [7, 11) is 0. The number of halogens is 1. The monoisotopic (exact) mass is 370 g/mol. The van der Waals surface area contributed by atoms with E-state index in [9.17, 15) is 9.59 Å². The molecule has 0 saturated carbocycles. The Morgan fingerprint density at radius 3 is 2.62 bits per heavy atom. The number of hydrogen-bond donors (Lipinski definition) is 1. The van der Waals surface area contributed by atoms with Gasteiger partial charge in [0, 0.05) is 5.69 Å². The average molecular weight is 371 g/mol. The summed E-state index contributed by atoms with van der Waals surface area (Å²) in [6.07, 6.45) is 2.85. The number of nitrogens with one attached hydrogen (secondary N) is 1. The minimum Gasteiger partial charge on any atom is -0.462 e. The number of amides is 1. The minimum atomic E-state index is -0.412. The predicted molar refractivity (Wildman–Crippen MR) is 96.7 cm³/mol. The fraction of sp³-hybridized carbons (Fsp3) is 0.111. The molecule has 1 heterocycles. The highest BCUT2D eigenvalue weighted by Crippen LogP contribution is 2.24. The van der Waals surface area contributed by atoms with Crippen molar-refractivity contribution in [3.05, 3.63) is 71.3 Å². The molecule has 0 unspecified atom stereocenters. The second kappa shape index (κ2) is 7.79. The van der Waals surface area contributed by atoms with Crippen LogP contribution in [0, 0.1) is 0 Å². The molecule has 1 N–H and O–H groups in total. The van der Waals surface area contributed by atoms with E-state index in [1.807, 2.05) is 0 Å². The van der Waals surface area contributed by atoms with Crippen LogP contribution < -0.4 is 5.32 Å². The lowest BCUT2D eigenvalue weighted by Crippen LogP contribution is -2.16. The standard InChI is InChI=1S/C18H15ClN4O3/c1-2-26-18(25)12-6-8-13(9-7-12)22-17(24)16-14(19)4-3-5-15(16)23-11-20-10-21-23/h3-11H,2H2,1H3,(H,22,24). The van der Waals surface area contributed by atoms with E-state index in [0.717, 1.165) is 0 Å². The molecule has 0 fully saturated rings. The van der Waals surface area contributed by atoms with E-state index in [-0.39, 0.29) is 5.56 Å². The normalized spacial score (nSPS) is 10.4. The molecule has 8 heteroatoms. The Labute approximate surface area is 154 Å². The van der Waals surface area contributed by atoms with Crippen LogP contribution in [0.15, 0.2) is 55.1 Å². The molecule has 1 amide bonds. The summed E-state index contributed by atoms with van der Waals surface area (Å²) in [6, 6.07) is 11.5. The Balaban J connectivity index is 1.84. The van der Waals surface area contributed by atoms with Crippen molar-refractivity contribution in [1.82, 2.24) is 14.8 Å². The van der Waals surface area contributed by atoms with Gasteiger partial charge in [-0.05, 0) is 43.3 Å². The summed E-state index contributed by atoms with van der Waals surface area (Å²) < 4.78 is 6.39. The zero-order chi connectivity index (χ0) is 18.5. The van der Waals surface area contributed by atoms with Crippen LogP contribution >= 0.6 is 11.6 Å². The topological polar surface area (TPSA) is 86.1 Å². The van der Waals surface area contributed by atoms with Crippen molar-refractivity contribution in [1.29, 1.82) is 0 Å². The maximum absolute atomic E-state index is 12.7. The van der Waals surface area contributed by atoms with Crippen molar-refractivity contribution in [3.63, 3.8) is 0 Å². The molecule has 26 heavy (non-hydrogen) atoms. The van der Waals surface area contributed by atoms with Crippen LogP contribution in [0.5, 0.6) is 0 Å². The molecule has 0 aliphatic carbocycles. The highest BCUT2D eigenvalue weighted by molar-refractivity contribution is 6.35. The molecular weight excluding hydrogens is 356 g/mol. The van der Waals surface area contributed by atoms with Gasteiger partial charge in [0.2, 0.25) is 0 Å². The van der Waals surface area contributed by atoms with Gasteiger partial charge in [-0.25, -0.2) is 14.5 Å². The zero-order valence-electron chi connectivity index (χ0n) is 13.8. The number of nitrogens with zero attached hydrogens (tertiary/aromatic N) is 3. The molecule has 2 aromatic carbocycles. The molecule has 7 nitrogen and oxygen atoms in total. The number of carbonyl (C=O) groups excluding carboxylic acids is 2. The molecule has 0 bridgehead atoms. The molecule has 0 atom stereocenters. The number of hydrogen-bond acceptors (Lipinski definition) is 5. The van der Waals surface area contributed by atoms with Crippen LogP contribution in [0.25, 0.3) is 5.69 Å². The van der Waals surface area contributed by atoms with E-state index in [1.54, 1.807) is 49.4 Å². The van der Waals surface area contributed by atoms with Gasteiger partial charge in [-0.3, -0.25) is 4.79 Å². The summed E-state index contributed by atoms with van der Waals surface area (Å²) in [6.45, 7) is 2.04. The first-order valence-corrected chi connectivity index (χ1v) is 8.20. The summed E-state index contributed by atoms with van der Waals surface area (Å²) in [5, 5.41) is 7.09. The van der Waals surface area contributed by atoms with Gasteiger partial charge in [0.05, 0.1) is 28.4 Å². The van der Waals surface area contributed by atoms with E-state index < -0.39 is 11.9 Å². The number of ether oxygens (including phenoxy) is 1. The van der Waals surface area contributed by atoms with Crippen molar-refractivity contribution >= 4 is 29.2 Å². The van der Waals surface area contributed by atoms with Gasteiger partial charge in [0.25, 0.3) is 5.91 Å². The maximum atomic E-state index is 12.7. The molecule has 0 aliphatic rings. The van der Waals surface area contributed by atoms with Crippen LogP contribution in [0.2, 0.25) is 5.02 Å². The van der Waals surface area contributed by atoms with E-state index >= 15 is 0 Å². The van der Waals surface area contributed by atoms with Crippen LogP contribution in [-0.2, 0) is 4.74 Å². The lowest BCUT2D eigenvalue weighted by molar-refractivity contribution is 0.0526. The van der Waals surface area contributed by atoms with Crippen molar-refractivity contribution in [2.75, 3.05) is 11.9 Å². The van der Waals surface area contributed by atoms with Gasteiger partial charge in [0.1, 0.15) is 12.7 Å². The molecule has 132 valence electrons. The number of aromatic nitrogens is 3. The fourth-order valence-corrected chi connectivity index (χ4v) is 2.61. The minimum absolute atomic E-state index is 0.272. The third kappa shape index (κ3) is 3.73. The van der Waals surface area contributed by atoms with Crippen LogP contribution in [0.1, 0.15) is 27.6 Å². The SMILES string of the molecule is CCOC(=O)c1ccc(NC(=O)c2c(Cl)cccc2-n2cncn2)cc1. The van der Waals surface area contributed by atoms with E-state index in [0.29, 0.717) is 28.6 Å². The third-order valence-corrected chi connectivity index (χ3v) is 3.85. The van der Waals surface area contributed by atoms with Crippen molar-refractivity contribution < 1.29 is 14.3 Å². The van der Waals surface area contributed by atoms with Crippen molar-refractivity contribution in [2.45, 2.75) is 6.92 Å². The first kappa shape index (κ1) is 17.6. The van der Waals surface area contributed by atoms with Crippen molar-refractivity contribution in [2.24, 2.45) is 0 Å². The molecule has 3 rings (SSSR count). The van der Waals surface area contributed by atoms with Gasteiger partial charge < -0.3 is 10.1 Å². The Morgan fingerprint density at radius 1 is 1.19 bits per heavy atom. The molecular formula is C18H15ClN4O3. The van der Waals surface area contributed by atoms with Gasteiger partial charge >= 0.3 is 5.97 Å². The van der Waals surface area contributed by atoms with E-state index in [2.05, 4.69) is 15.4 Å². The number of benzene rings is 2. The summed E-state index contributed by atoms with van der Waals surface area (Å²) >= 11 is 6.23. The van der Waals surface area contributed by atoms with Gasteiger partial charge in [-0.1, -0.05) is 17.7 Å². The predicted octanol–water partition coefficient (Wildman–Crippen LogP) is 3.35. The van der Waals surface area contributed by atoms with E-state index in [4.69, 9.17) is 16.3 Å². The number of rotatable bonds is 5. The second-order valence-electron chi connectivity index (χ2n) is 5.23. The largest absolute Gasteiger partial charge is 0.462 e. The van der Waals surface area contributed by atoms with Crippen molar-refractivity contribution in [3.8, 4) is 5.69 Å². The third-order valence-electron chi connectivity index (χ3n) is 3.54. The molecule has 0 saturated heterocycles. The number of esters is 1. The second-order valence-corrected chi connectivity index (χ2v) is 5.63. The summed E-state index contributed by atoms with van der Waals surface area (Å²) in [4.78, 5) is 28.3. The highest BCUT2D eigenvalue weighted by atomic mass is 35.5. The molecule has 0 radical (unpaired) electrons. The Bertz CT molecular complexity index is 924. The van der Waals surface area contributed by atoms with Crippen LogP contribution in [0.4, 0.5) is 5.69 Å². The van der Waals surface area contributed by atoms with Crippen LogP contribution in [0.3, 0.4) is 0 Å². The lowest BCUT2D eigenvalue weighted by Gasteiger charge is -2.12. The summed E-state index contributed by atoms with van der Waals surface area (Å²) in [5.41, 5.74) is 1.71. The van der Waals surface area contributed by atoms with Crippen LogP contribution in [-0.4, -0.2) is 33.2 Å². The van der Waals surface area contributed by atoms with Gasteiger partial charge in [-0.15, -0.1) is 0 Å². The highest BCUT2D eigenvalue weighted by Gasteiger charge is 2.18. The first-order valence-electron chi connectivity index (χ1n) is 7.82. The Morgan fingerprint density at radius 2 is 1.96 bits per heavy atom. The first-order chi connectivity index (χ1) is 12.6. The molecule has 1 aromatic heterocycles. The van der Waals surface area contributed by atoms with Gasteiger partial charge in [-0.2, -0.15) is 5.10 Å². The van der Waals surface area contributed by atoms with Gasteiger partial charge in [0.15, 0.2) is 0 Å². The fourth-order valence-electron chi connectivity index (χ4n) is 2.36. The lowest BCUT2D eigenvalue weighted by atomic mass is 10.1. The zero-order valence-corrected chi connectivity index (χ0v) is 14.6. The Kier molecular flexibility index (Phi) is 5.28. The molecule has 0 aliphatic heterocycles. The Hall–Kier alpha value is -3.19. The average Bonchev–Trinajstić information content (AvgIpc) is 3.16. The smallest absolute Gasteiger partial charge is 0.338 e. The molecule has 0 spiro atoms. The maximum Gasteiger partial charge on any atom is 0.338 e. The quantitative estimate of drug-likeness (QED) is 0.696. The van der Waals surface area contributed by atoms with E-state index in [1.165, 1.54) is 17.3 Å².